The normalized spacial score (nSPS) is 18.1. The first-order valence-corrected chi connectivity index (χ1v) is 8.45. The second-order valence-corrected chi connectivity index (χ2v) is 6.44. The summed E-state index contributed by atoms with van der Waals surface area (Å²) in [6.45, 7) is 2.09. The molecule has 1 aromatic heterocycles. The van der Waals surface area contributed by atoms with Crippen molar-refractivity contribution in [3.8, 4) is 5.75 Å². The summed E-state index contributed by atoms with van der Waals surface area (Å²) < 4.78 is 43.4. The van der Waals surface area contributed by atoms with Crippen LogP contribution in [0.15, 0.2) is 30.5 Å². The molecule has 0 saturated carbocycles. The Balaban J connectivity index is 1.61. The number of benzene rings is 1. The molecule has 5 nitrogen and oxygen atoms in total. The number of nitrogens with one attached hydrogen (secondary N) is 1. The molecule has 0 amide bonds. The number of halogens is 4. The Labute approximate surface area is 154 Å². The van der Waals surface area contributed by atoms with Crippen LogP contribution in [0.25, 0.3) is 0 Å². The summed E-state index contributed by atoms with van der Waals surface area (Å²) in [6, 6.07) is 6.44. The van der Waals surface area contributed by atoms with Gasteiger partial charge in [0.25, 0.3) is 0 Å². The molecule has 0 aliphatic carbocycles. The quantitative estimate of drug-likeness (QED) is 0.846. The predicted molar refractivity (Wildman–Crippen MR) is 92.3 cm³/mol. The van der Waals surface area contributed by atoms with E-state index in [1.807, 2.05) is 12.1 Å². The molecule has 0 spiro atoms. The van der Waals surface area contributed by atoms with Crippen LogP contribution in [0.1, 0.15) is 17.7 Å². The molecule has 1 unspecified atom stereocenters. The van der Waals surface area contributed by atoms with Crippen molar-refractivity contribution in [1.29, 1.82) is 0 Å². The van der Waals surface area contributed by atoms with Gasteiger partial charge in [0.1, 0.15) is 11.4 Å². The van der Waals surface area contributed by atoms with Gasteiger partial charge in [-0.1, -0.05) is 23.7 Å². The Morgan fingerprint density at radius 3 is 2.88 bits per heavy atom. The minimum absolute atomic E-state index is 0.00825. The van der Waals surface area contributed by atoms with Gasteiger partial charge in [-0.25, -0.2) is 9.97 Å². The third-order valence-electron chi connectivity index (χ3n) is 4.21. The number of ether oxygens (including phenoxy) is 1. The lowest BCUT2D eigenvalue weighted by Gasteiger charge is -2.18. The Morgan fingerprint density at radius 2 is 2.15 bits per heavy atom. The summed E-state index contributed by atoms with van der Waals surface area (Å²) in [5, 5.41) is 3.56. The van der Waals surface area contributed by atoms with E-state index in [4.69, 9.17) is 16.3 Å². The van der Waals surface area contributed by atoms with Crippen molar-refractivity contribution in [2.75, 3.05) is 25.5 Å². The van der Waals surface area contributed by atoms with Gasteiger partial charge in [-0.2, -0.15) is 13.2 Å². The third-order valence-corrected chi connectivity index (χ3v) is 4.64. The van der Waals surface area contributed by atoms with Crippen LogP contribution in [-0.2, 0) is 12.7 Å². The van der Waals surface area contributed by atoms with Crippen LogP contribution >= 0.6 is 11.6 Å². The molecule has 140 valence electrons. The van der Waals surface area contributed by atoms with Gasteiger partial charge in [-0.3, -0.25) is 4.90 Å². The number of likely N-dealkylation sites (tertiary alicyclic amines) is 1. The van der Waals surface area contributed by atoms with Crippen molar-refractivity contribution in [3.63, 3.8) is 0 Å². The van der Waals surface area contributed by atoms with Crippen LogP contribution in [0, 0.1) is 0 Å². The topological polar surface area (TPSA) is 50.3 Å². The van der Waals surface area contributed by atoms with Crippen molar-refractivity contribution in [2.24, 2.45) is 0 Å². The number of methoxy groups -OCH3 is 1. The molecule has 1 aliphatic heterocycles. The van der Waals surface area contributed by atoms with E-state index >= 15 is 0 Å². The van der Waals surface area contributed by atoms with E-state index in [9.17, 15) is 13.2 Å². The SMILES string of the molecule is COc1cccc(CN2CCC(Nc3nccc(C(F)(F)F)n3)C2)c1Cl. The van der Waals surface area contributed by atoms with Gasteiger partial charge >= 0.3 is 6.18 Å². The average Bonchev–Trinajstić information content (AvgIpc) is 3.03. The number of hydrogen-bond acceptors (Lipinski definition) is 5. The van der Waals surface area contributed by atoms with E-state index < -0.39 is 11.9 Å². The smallest absolute Gasteiger partial charge is 0.433 e. The second kappa shape index (κ2) is 7.67. The summed E-state index contributed by atoms with van der Waals surface area (Å²) in [4.78, 5) is 9.61. The van der Waals surface area contributed by atoms with Crippen LogP contribution in [-0.4, -0.2) is 41.1 Å². The number of nitrogens with zero attached hydrogens (tertiary/aromatic N) is 3. The molecule has 1 fully saturated rings. The molecule has 1 saturated heterocycles. The molecule has 3 rings (SSSR count). The molecule has 0 bridgehead atoms. The van der Waals surface area contributed by atoms with E-state index in [1.54, 1.807) is 13.2 Å². The molecule has 2 aromatic rings. The molecule has 1 aliphatic rings. The highest BCUT2D eigenvalue weighted by Gasteiger charge is 2.33. The van der Waals surface area contributed by atoms with E-state index in [-0.39, 0.29) is 12.0 Å². The van der Waals surface area contributed by atoms with Crippen LogP contribution in [0.4, 0.5) is 19.1 Å². The van der Waals surface area contributed by atoms with Gasteiger partial charge in [0.2, 0.25) is 5.95 Å². The molecule has 2 heterocycles. The van der Waals surface area contributed by atoms with Gasteiger partial charge in [0.05, 0.1) is 12.1 Å². The minimum Gasteiger partial charge on any atom is -0.495 e. The first-order valence-electron chi connectivity index (χ1n) is 8.07. The van der Waals surface area contributed by atoms with Crippen molar-refractivity contribution < 1.29 is 17.9 Å². The van der Waals surface area contributed by atoms with E-state index in [2.05, 4.69) is 20.2 Å². The van der Waals surface area contributed by atoms with Gasteiger partial charge in [0.15, 0.2) is 0 Å². The zero-order valence-electron chi connectivity index (χ0n) is 14.1. The van der Waals surface area contributed by atoms with Crippen molar-refractivity contribution in [2.45, 2.75) is 25.2 Å². The zero-order chi connectivity index (χ0) is 18.7. The zero-order valence-corrected chi connectivity index (χ0v) is 14.8. The molecule has 1 atom stereocenters. The molecule has 1 N–H and O–H groups in total. The van der Waals surface area contributed by atoms with Gasteiger partial charge < -0.3 is 10.1 Å². The number of anilines is 1. The fourth-order valence-electron chi connectivity index (χ4n) is 2.94. The summed E-state index contributed by atoms with van der Waals surface area (Å²) in [5.41, 5.74) is -0.00463. The Morgan fingerprint density at radius 1 is 1.35 bits per heavy atom. The lowest BCUT2D eigenvalue weighted by Crippen LogP contribution is -2.27. The maximum atomic E-state index is 12.7. The minimum atomic E-state index is -4.48. The van der Waals surface area contributed by atoms with Gasteiger partial charge in [-0.05, 0) is 24.1 Å². The highest BCUT2D eigenvalue weighted by atomic mass is 35.5. The number of aromatic nitrogens is 2. The fraction of sp³-hybridized carbons (Fsp3) is 0.412. The lowest BCUT2D eigenvalue weighted by molar-refractivity contribution is -0.141. The van der Waals surface area contributed by atoms with E-state index in [0.29, 0.717) is 23.9 Å². The lowest BCUT2D eigenvalue weighted by atomic mass is 10.2. The summed E-state index contributed by atoms with van der Waals surface area (Å²) in [5.74, 6) is 0.612. The predicted octanol–water partition coefficient (Wildman–Crippen LogP) is 3.84. The molecular weight excluding hydrogens is 369 g/mol. The monoisotopic (exact) mass is 386 g/mol. The van der Waals surface area contributed by atoms with E-state index in [0.717, 1.165) is 30.8 Å². The van der Waals surface area contributed by atoms with Crippen LogP contribution in [0.2, 0.25) is 5.02 Å². The van der Waals surface area contributed by atoms with Crippen LogP contribution in [0.5, 0.6) is 5.75 Å². The first kappa shape index (κ1) is 18.7. The Kier molecular flexibility index (Phi) is 5.52. The summed E-state index contributed by atoms with van der Waals surface area (Å²) >= 11 is 6.32. The van der Waals surface area contributed by atoms with E-state index in [1.165, 1.54) is 0 Å². The second-order valence-electron chi connectivity index (χ2n) is 6.06. The number of alkyl halides is 3. The molecule has 26 heavy (non-hydrogen) atoms. The van der Waals surface area contributed by atoms with Gasteiger partial charge in [0, 0.05) is 31.9 Å². The standard InChI is InChI=1S/C17H18ClF3N4O/c1-26-13-4-2-3-11(15(13)18)9-25-8-6-12(10-25)23-16-22-7-5-14(24-16)17(19,20)21/h2-5,7,12H,6,8-10H2,1H3,(H,22,23,24). The fourth-order valence-corrected chi connectivity index (χ4v) is 3.20. The van der Waals surface area contributed by atoms with Crippen molar-refractivity contribution >= 4 is 17.5 Å². The molecule has 9 heteroatoms. The van der Waals surface area contributed by atoms with Crippen LogP contribution < -0.4 is 10.1 Å². The third kappa shape index (κ3) is 4.37. The highest BCUT2D eigenvalue weighted by Crippen LogP contribution is 2.30. The van der Waals surface area contributed by atoms with Crippen molar-refractivity contribution in [3.05, 3.63) is 46.7 Å². The molecule has 1 aromatic carbocycles. The molecule has 0 radical (unpaired) electrons. The highest BCUT2D eigenvalue weighted by molar-refractivity contribution is 6.32. The summed E-state index contributed by atoms with van der Waals surface area (Å²) in [6.07, 6.45) is -2.59. The maximum Gasteiger partial charge on any atom is 0.433 e. The molecular formula is C17H18ClF3N4O. The largest absolute Gasteiger partial charge is 0.495 e. The average molecular weight is 387 g/mol. The maximum absolute atomic E-state index is 12.7. The Bertz CT molecular complexity index is 772. The van der Waals surface area contributed by atoms with Gasteiger partial charge in [-0.15, -0.1) is 0 Å². The van der Waals surface area contributed by atoms with Crippen LogP contribution in [0.3, 0.4) is 0 Å². The Hall–Kier alpha value is -2.06. The number of rotatable bonds is 5. The first-order chi connectivity index (χ1) is 12.4. The van der Waals surface area contributed by atoms with Crippen molar-refractivity contribution in [1.82, 2.24) is 14.9 Å². The summed E-state index contributed by atoms with van der Waals surface area (Å²) in [7, 11) is 1.57. The number of hydrogen-bond donors (Lipinski definition) is 1.